The third-order valence-electron chi connectivity index (χ3n) is 2.84. The Bertz CT molecular complexity index is 521. The Labute approximate surface area is 106 Å². The Morgan fingerprint density at radius 3 is 2.89 bits per heavy atom. The monoisotopic (exact) mass is 249 g/mol. The summed E-state index contributed by atoms with van der Waals surface area (Å²) in [5.41, 5.74) is 1.20. The normalized spacial score (nSPS) is 19.0. The minimum absolute atomic E-state index is 0.169. The van der Waals surface area contributed by atoms with E-state index in [0.717, 1.165) is 11.1 Å². The average molecular weight is 249 g/mol. The summed E-state index contributed by atoms with van der Waals surface area (Å²) in [6.07, 6.45) is 2.15. The van der Waals surface area contributed by atoms with Crippen molar-refractivity contribution in [1.29, 1.82) is 0 Å². The molecule has 0 bridgehead atoms. The first-order valence-electron chi connectivity index (χ1n) is 5.82. The van der Waals surface area contributed by atoms with Crippen LogP contribution in [0.3, 0.4) is 0 Å². The average Bonchev–Trinajstić information content (AvgIpc) is 2.26. The second-order valence-electron chi connectivity index (χ2n) is 4.96. The maximum Gasteiger partial charge on any atom is 0.244 e. The third-order valence-corrected chi connectivity index (χ3v) is 2.84. The molecule has 1 heterocycles. The van der Waals surface area contributed by atoms with Crippen molar-refractivity contribution in [1.82, 2.24) is 5.32 Å². The van der Waals surface area contributed by atoms with Crippen molar-refractivity contribution >= 4 is 11.5 Å². The predicted molar refractivity (Wildman–Crippen MR) is 67.8 cm³/mol. The highest BCUT2D eigenvalue weighted by Crippen LogP contribution is 2.40. The highest BCUT2D eigenvalue weighted by atomic mass is 19.1. The molecule has 0 aromatic heterocycles. The van der Waals surface area contributed by atoms with E-state index in [9.17, 15) is 9.18 Å². The molecule has 1 aromatic rings. The molecule has 1 aliphatic rings. The number of fused-ring (bicyclic) bond motifs is 1. The zero-order valence-electron chi connectivity index (χ0n) is 10.7. The van der Waals surface area contributed by atoms with Crippen LogP contribution in [0.1, 0.15) is 25.8 Å². The topological polar surface area (TPSA) is 38.3 Å². The van der Waals surface area contributed by atoms with E-state index in [2.05, 4.69) is 5.32 Å². The molecule has 0 fully saturated rings. The predicted octanol–water partition coefficient (Wildman–Crippen LogP) is 2.52. The molecule has 0 radical (unpaired) electrons. The molecule has 1 N–H and O–H groups in total. The molecular weight excluding hydrogens is 233 g/mol. The lowest BCUT2D eigenvalue weighted by Crippen LogP contribution is -2.32. The van der Waals surface area contributed by atoms with E-state index in [0.29, 0.717) is 12.2 Å². The van der Waals surface area contributed by atoms with Gasteiger partial charge in [0.15, 0.2) is 0 Å². The fourth-order valence-electron chi connectivity index (χ4n) is 2.09. The minimum atomic E-state index is -0.444. The summed E-state index contributed by atoms with van der Waals surface area (Å²) in [5.74, 6) is -0.0230. The second kappa shape index (κ2) is 4.44. The Hall–Kier alpha value is -1.84. The van der Waals surface area contributed by atoms with Gasteiger partial charge in [0.2, 0.25) is 5.91 Å². The van der Waals surface area contributed by atoms with Gasteiger partial charge in [0, 0.05) is 31.2 Å². The van der Waals surface area contributed by atoms with Crippen molar-refractivity contribution in [3.63, 3.8) is 0 Å². The third kappa shape index (κ3) is 2.53. The summed E-state index contributed by atoms with van der Waals surface area (Å²) in [6, 6.07) is 4.38. The van der Waals surface area contributed by atoms with Gasteiger partial charge in [-0.05, 0) is 31.6 Å². The molecule has 0 saturated heterocycles. The largest absolute Gasteiger partial charge is 0.487 e. The molecule has 1 aromatic carbocycles. The van der Waals surface area contributed by atoms with Crippen LogP contribution < -0.4 is 10.1 Å². The van der Waals surface area contributed by atoms with Crippen LogP contribution in [0.15, 0.2) is 24.3 Å². The summed E-state index contributed by atoms with van der Waals surface area (Å²) < 4.78 is 19.0. The number of hydrogen-bond acceptors (Lipinski definition) is 2. The second-order valence-corrected chi connectivity index (χ2v) is 4.96. The van der Waals surface area contributed by atoms with Gasteiger partial charge >= 0.3 is 0 Å². The van der Waals surface area contributed by atoms with Gasteiger partial charge in [-0.3, -0.25) is 4.79 Å². The molecule has 0 atom stereocenters. The van der Waals surface area contributed by atoms with E-state index in [-0.39, 0.29) is 11.7 Å². The number of likely N-dealkylation sites (N-methyl/N-ethyl adjacent to an activating group) is 1. The Morgan fingerprint density at radius 1 is 1.50 bits per heavy atom. The summed E-state index contributed by atoms with van der Waals surface area (Å²) in [4.78, 5) is 11.5. The van der Waals surface area contributed by atoms with Crippen LogP contribution in [0.5, 0.6) is 5.75 Å². The van der Waals surface area contributed by atoms with Crippen molar-refractivity contribution in [2.75, 3.05) is 7.05 Å². The van der Waals surface area contributed by atoms with E-state index in [1.54, 1.807) is 19.2 Å². The zero-order chi connectivity index (χ0) is 13.3. The molecule has 0 aliphatic carbocycles. The number of carbonyl (C=O) groups is 1. The first kappa shape index (κ1) is 12.6. The maximum atomic E-state index is 13.2. The molecule has 0 saturated carbocycles. The Kier molecular flexibility index (Phi) is 3.11. The van der Waals surface area contributed by atoms with Gasteiger partial charge in [0.25, 0.3) is 0 Å². The van der Waals surface area contributed by atoms with E-state index in [1.807, 2.05) is 13.8 Å². The smallest absolute Gasteiger partial charge is 0.244 e. The van der Waals surface area contributed by atoms with Crippen molar-refractivity contribution in [3.05, 3.63) is 35.7 Å². The first-order chi connectivity index (χ1) is 8.41. The minimum Gasteiger partial charge on any atom is -0.487 e. The van der Waals surface area contributed by atoms with Crippen molar-refractivity contribution in [2.45, 2.75) is 25.9 Å². The van der Waals surface area contributed by atoms with Crippen LogP contribution in [0.4, 0.5) is 4.39 Å². The number of amides is 1. The lowest BCUT2D eigenvalue weighted by molar-refractivity contribution is -0.116. The number of rotatable bonds is 1. The van der Waals surface area contributed by atoms with Crippen LogP contribution >= 0.6 is 0 Å². The summed E-state index contributed by atoms with van der Waals surface area (Å²) >= 11 is 0. The molecule has 3 nitrogen and oxygen atoms in total. The zero-order valence-corrected chi connectivity index (χ0v) is 10.7. The van der Waals surface area contributed by atoms with Gasteiger partial charge < -0.3 is 10.1 Å². The van der Waals surface area contributed by atoms with Gasteiger partial charge in [-0.1, -0.05) is 0 Å². The van der Waals surface area contributed by atoms with Crippen LogP contribution in [-0.4, -0.2) is 18.6 Å². The Morgan fingerprint density at radius 2 is 2.22 bits per heavy atom. The number of carbonyl (C=O) groups excluding carboxylic acids is 1. The highest BCUT2D eigenvalue weighted by molar-refractivity contribution is 5.96. The van der Waals surface area contributed by atoms with Crippen LogP contribution in [-0.2, 0) is 4.79 Å². The molecule has 2 rings (SSSR count). The molecule has 96 valence electrons. The van der Waals surface area contributed by atoms with E-state index >= 15 is 0 Å². The molecule has 18 heavy (non-hydrogen) atoms. The molecule has 1 amide bonds. The first-order valence-corrected chi connectivity index (χ1v) is 5.82. The number of benzene rings is 1. The summed E-state index contributed by atoms with van der Waals surface area (Å²) in [7, 11) is 1.58. The molecule has 1 aliphatic heterocycles. The SMILES string of the molecule is CNC(=O)C=C1CC(C)(C)Oc2cc(F)ccc21. The highest BCUT2D eigenvalue weighted by Gasteiger charge is 2.30. The lowest BCUT2D eigenvalue weighted by Gasteiger charge is -2.34. The van der Waals surface area contributed by atoms with Crippen LogP contribution in [0.25, 0.3) is 5.57 Å². The van der Waals surface area contributed by atoms with Crippen LogP contribution in [0.2, 0.25) is 0 Å². The van der Waals surface area contributed by atoms with Gasteiger partial charge in [0.05, 0.1) is 0 Å². The van der Waals surface area contributed by atoms with Crippen LogP contribution in [0, 0.1) is 5.82 Å². The van der Waals surface area contributed by atoms with Gasteiger partial charge in [-0.25, -0.2) is 4.39 Å². The number of nitrogens with one attached hydrogen (secondary N) is 1. The van der Waals surface area contributed by atoms with E-state index < -0.39 is 5.60 Å². The van der Waals surface area contributed by atoms with E-state index in [1.165, 1.54) is 12.1 Å². The fourth-order valence-corrected chi connectivity index (χ4v) is 2.09. The number of hydrogen-bond donors (Lipinski definition) is 1. The quantitative estimate of drug-likeness (QED) is 0.777. The number of halogens is 1. The Balaban J connectivity index is 2.50. The van der Waals surface area contributed by atoms with Gasteiger partial charge in [-0.2, -0.15) is 0 Å². The maximum absolute atomic E-state index is 13.2. The van der Waals surface area contributed by atoms with Gasteiger partial charge in [0.1, 0.15) is 17.2 Å². The lowest BCUT2D eigenvalue weighted by atomic mass is 9.89. The fraction of sp³-hybridized carbons (Fsp3) is 0.357. The van der Waals surface area contributed by atoms with Crippen molar-refractivity contribution in [2.24, 2.45) is 0 Å². The summed E-state index contributed by atoms with van der Waals surface area (Å²) in [6.45, 7) is 3.83. The van der Waals surface area contributed by atoms with Crippen molar-refractivity contribution < 1.29 is 13.9 Å². The molecular formula is C14H16FNO2. The number of ether oxygens (including phenoxy) is 1. The van der Waals surface area contributed by atoms with Gasteiger partial charge in [-0.15, -0.1) is 0 Å². The molecule has 0 unspecified atom stereocenters. The van der Waals surface area contributed by atoms with E-state index in [4.69, 9.17) is 4.74 Å². The molecule has 4 heteroatoms. The van der Waals surface area contributed by atoms with Crippen molar-refractivity contribution in [3.8, 4) is 5.75 Å². The standard InChI is InChI=1S/C14H16FNO2/c1-14(2)8-9(6-13(17)16-3)11-5-4-10(15)7-12(11)18-14/h4-7H,8H2,1-3H3,(H,16,17). The molecule has 0 spiro atoms. The summed E-state index contributed by atoms with van der Waals surface area (Å²) in [5, 5.41) is 2.55.